The Morgan fingerprint density at radius 3 is 1.70 bits per heavy atom. The van der Waals surface area contributed by atoms with Crippen LogP contribution in [0.1, 0.15) is 180 Å². The molecule has 10 heterocycles. The van der Waals surface area contributed by atoms with E-state index in [1.807, 2.05) is 78.4 Å². The third kappa shape index (κ3) is 14.4. The first-order chi connectivity index (χ1) is 49.9. The molecule has 2 unspecified atom stereocenters. The minimum atomic E-state index is -0.893. The van der Waals surface area contributed by atoms with Crippen molar-refractivity contribution < 1.29 is 52.7 Å². The maximum absolute atomic E-state index is 13.5. The first-order valence-electron chi connectivity index (χ1n) is 34.1. The predicted octanol–water partition coefficient (Wildman–Crippen LogP) is 9.62. The number of hydrogen-bond acceptors (Lipinski definition) is 19. The predicted molar refractivity (Wildman–Crippen MR) is 390 cm³/mol. The molecule has 2 saturated heterocycles. The van der Waals surface area contributed by atoms with Gasteiger partial charge < -0.3 is 20.3 Å². The van der Waals surface area contributed by atoms with Crippen molar-refractivity contribution in [2.75, 3.05) is 19.7 Å². The molecule has 25 nitrogen and oxygen atoms in total. The number of nitrogens with zero attached hydrogens (tertiary/aromatic N) is 10. The van der Waals surface area contributed by atoms with Crippen molar-refractivity contribution in [2.24, 2.45) is 9.98 Å². The molecule has 0 aliphatic carbocycles. The summed E-state index contributed by atoms with van der Waals surface area (Å²) >= 11 is 15.7. The van der Waals surface area contributed by atoms with Gasteiger partial charge >= 0.3 is 0 Å². The quantitative estimate of drug-likeness (QED) is 0.0384. The summed E-state index contributed by atoms with van der Waals surface area (Å²) in [6, 6.07) is 22.6. The van der Waals surface area contributed by atoms with E-state index in [0.717, 1.165) is 89.2 Å². The van der Waals surface area contributed by atoms with Crippen LogP contribution in [0.4, 0.5) is 0 Å². The summed E-state index contributed by atoms with van der Waals surface area (Å²) in [4.78, 5) is 143. The normalized spacial score (nSPS) is 17.9. The van der Waals surface area contributed by atoms with Crippen molar-refractivity contribution in [3.8, 4) is 15.8 Å². The van der Waals surface area contributed by atoms with Gasteiger partial charge in [-0.25, -0.2) is 0 Å². The van der Waals surface area contributed by atoms with Crippen LogP contribution in [0.3, 0.4) is 0 Å². The lowest BCUT2D eigenvalue weighted by atomic mass is 9.98. The zero-order valence-corrected chi connectivity index (χ0v) is 60.9. The SMILES string of the molecule is C=C1c2cccc(OCC(=O)NCC(=O)C[C@@H]3N=C(c4ccc(Cl)cc4)c4c(sc(C)c4C)-n4c(C)nnc43)c2C(=O)N1C1CCC(=O)NC1=O.Cc1sc2c(c1C)C(c1ccc(Cl)cc1)=N[C@@H](CC(=O)NCC(=O)CCCCCc1cccc3c1CN(C1CCC(=O)NC1=O)C3=O)c1nnc(C)n1-2. The number of piperidine rings is 2. The Bertz CT molecular complexity index is 4990. The Labute approximate surface area is 615 Å². The minimum absolute atomic E-state index is 0.000343. The summed E-state index contributed by atoms with van der Waals surface area (Å²) in [5, 5.41) is 30.7. The maximum Gasteiger partial charge on any atom is 0.263 e. The lowest BCUT2D eigenvalue weighted by Gasteiger charge is -2.30. The average Bonchev–Trinajstić information content (AvgIpc) is 1.59. The molecule has 0 bridgehead atoms. The van der Waals surface area contributed by atoms with Crippen LogP contribution in [0.5, 0.6) is 5.75 Å². The number of nitrogens with one attached hydrogen (secondary N) is 4. The molecule has 29 heteroatoms. The summed E-state index contributed by atoms with van der Waals surface area (Å²) in [6.07, 6.45) is 4.12. The van der Waals surface area contributed by atoms with Gasteiger partial charge in [0, 0.05) is 91.1 Å². The van der Waals surface area contributed by atoms with Gasteiger partial charge in [-0.3, -0.25) is 82.6 Å². The second-order valence-corrected chi connectivity index (χ2v) is 29.6. The minimum Gasteiger partial charge on any atom is -0.483 e. The van der Waals surface area contributed by atoms with Gasteiger partial charge in [-0.2, -0.15) is 0 Å². The van der Waals surface area contributed by atoms with Crippen molar-refractivity contribution in [1.82, 2.24) is 60.6 Å². The van der Waals surface area contributed by atoms with Crippen LogP contribution >= 0.6 is 45.9 Å². The van der Waals surface area contributed by atoms with Crippen LogP contribution in [0.25, 0.3) is 15.7 Å². The highest BCUT2D eigenvalue weighted by Gasteiger charge is 2.44. The number of imide groups is 2. The van der Waals surface area contributed by atoms with Gasteiger partial charge in [-0.05, 0) is 132 Å². The molecule has 6 aliphatic rings. The number of aliphatic imine (C=N–C) groups is 2. The summed E-state index contributed by atoms with van der Waals surface area (Å²) in [5.74, 6) is -1.02. The Hall–Kier alpha value is -10.5. The van der Waals surface area contributed by atoms with Crippen LogP contribution in [0.15, 0.2) is 101 Å². The van der Waals surface area contributed by atoms with E-state index < -0.39 is 60.3 Å². The van der Waals surface area contributed by atoms with Crippen molar-refractivity contribution in [2.45, 2.75) is 143 Å². The third-order valence-corrected chi connectivity index (χ3v) is 22.4. The van der Waals surface area contributed by atoms with Gasteiger partial charge in [-0.1, -0.05) is 84.7 Å². The van der Waals surface area contributed by atoms with Gasteiger partial charge in [0.2, 0.25) is 29.5 Å². The standard InChI is InChI=1S/C39H40ClN7O5S.C36H32ClN7O6S/c1-21-22(2)53-39-34(21)35(25-12-14-26(40)15-13-25)42-30(36-45-44-23(3)47(36)39)18-33(50)41-19-27(48)10-6-4-5-8-24-9-7-11-28-29(24)20-46(38(28)52)31-16-17-32(49)43-37(31)51;1-17-19(3)51-36-30(17)32(21-8-10-22(37)11-9-21)39-25(33-42-41-20(4)44(33)36)14-23(45)15-38-29(47)16-50-27-7-5-6-24-18(2)43(35(49)31(24)27)26-12-13-28(46)40-34(26)48/h7,9,11-15,30-31H,4-6,8,10,16-20H2,1-3H3,(H,41,50)(H,43,49,51);5-11,25-26H,2,12-16H2,1,3-4H3,(H,38,47)(H,40,46,48)/t30-,31?;25-,26?/m00/s1. The van der Waals surface area contributed by atoms with Crippen molar-refractivity contribution in [1.29, 1.82) is 0 Å². The fourth-order valence-corrected chi connectivity index (χ4v) is 16.6. The molecule has 534 valence electrons. The van der Waals surface area contributed by atoms with E-state index in [4.69, 9.17) is 37.9 Å². The van der Waals surface area contributed by atoms with Crippen LogP contribution < -0.4 is 26.0 Å². The molecule has 0 radical (unpaired) electrons. The number of hydrogen-bond donors (Lipinski definition) is 4. The Morgan fingerprint density at radius 2 is 1.12 bits per heavy atom. The fraction of sp³-hybridized carbons (Fsp3) is 0.333. The summed E-state index contributed by atoms with van der Waals surface area (Å²) in [7, 11) is 0. The number of ketones is 2. The number of carbonyl (C=O) groups excluding carboxylic acids is 10. The smallest absolute Gasteiger partial charge is 0.263 e. The van der Waals surface area contributed by atoms with Crippen molar-refractivity contribution in [3.63, 3.8) is 0 Å². The topological polar surface area (TPSA) is 321 Å². The van der Waals surface area contributed by atoms with Gasteiger partial charge in [0.15, 0.2) is 29.8 Å². The molecule has 2 fully saturated rings. The molecule has 8 aromatic rings. The van der Waals surface area contributed by atoms with E-state index in [1.54, 1.807) is 64.0 Å². The van der Waals surface area contributed by atoms with Crippen LogP contribution in [0, 0.1) is 41.5 Å². The third-order valence-electron chi connectivity index (χ3n) is 19.5. The van der Waals surface area contributed by atoms with E-state index in [0.29, 0.717) is 81.7 Å². The number of unbranched alkanes of at least 4 members (excludes halogenated alkanes) is 2. The van der Waals surface area contributed by atoms with Gasteiger partial charge in [0.05, 0.1) is 36.5 Å². The van der Waals surface area contributed by atoms with Crippen molar-refractivity contribution >= 4 is 122 Å². The molecule has 0 saturated carbocycles. The van der Waals surface area contributed by atoms with E-state index in [1.165, 1.54) is 4.90 Å². The molecule has 0 spiro atoms. The lowest BCUT2D eigenvalue weighted by Crippen LogP contribution is -2.52. The summed E-state index contributed by atoms with van der Waals surface area (Å²) < 4.78 is 9.70. The van der Waals surface area contributed by atoms with Crippen molar-refractivity contribution in [3.05, 3.63) is 196 Å². The molecular formula is C75H72Cl2N14O11S2. The molecule has 4 N–H and O–H groups in total. The Balaban J connectivity index is 0.000000185. The molecular weight excluding hydrogens is 1410 g/mol. The molecule has 4 aromatic heterocycles. The van der Waals surface area contributed by atoms with E-state index in [9.17, 15) is 47.9 Å². The van der Waals surface area contributed by atoms with Crippen LogP contribution in [-0.4, -0.2) is 141 Å². The zero-order valence-electron chi connectivity index (χ0n) is 57.7. The highest BCUT2D eigenvalue weighted by Crippen LogP contribution is 2.44. The number of Topliss-reactive ketones (excluding diaryl/α,β-unsaturated/α-hetero) is 2. The monoisotopic (exact) mass is 1480 g/mol. The average molecular weight is 1480 g/mol. The highest BCUT2D eigenvalue weighted by molar-refractivity contribution is 7.15. The van der Waals surface area contributed by atoms with Gasteiger partial charge in [0.25, 0.3) is 17.7 Å². The van der Waals surface area contributed by atoms with E-state index in [2.05, 4.69) is 69.0 Å². The highest BCUT2D eigenvalue weighted by atomic mass is 35.5. The number of halogens is 2. The largest absolute Gasteiger partial charge is 0.483 e. The molecule has 4 atom stereocenters. The number of amides is 8. The molecule has 4 aromatic carbocycles. The lowest BCUT2D eigenvalue weighted by molar-refractivity contribution is -0.138. The second kappa shape index (κ2) is 30.1. The number of aromatic nitrogens is 6. The van der Waals surface area contributed by atoms with Gasteiger partial charge in [-0.15, -0.1) is 43.1 Å². The number of ether oxygens (including phenoxy) is 1. The molecule has 8 amide bonds. The summed E-state index contributed by atoms with van der Waals surface area (Å²) in [6.45, 7) is 15.5. The molecule has 14 rings (SSSR count). The number of fused-ring (bicyclic) bond motifs is 8. The number of carbonyl (C=O) groups is 10. The fourth-order valence-electron chi connectivity index (χ4n) is 13.9. The first kappa shape index (κ1) is 71.9. The second-order valence-electron chi connectivity index (χ2n) is 26.3. The Kier molecular flexibility index (Phi) is 20.8. The number of thiophene rings is 2. The van der Waals surface area contributed by atoms with Crippen LogP contribution in [-0.2, 0) is 51.3 Å². The molecule has 6 aliphatic heterocycles. The van der Waals surface area contributed by atoms with E-state index in [-0.39, 0.29) is 85.8 Å². The maximum atomic E-state index is 13.5. The number of benzene rings is 4. The van der Waals surface area contributed by atoms with E-state index >= 15 is 0 Å². The van der Waals surface area contributed by atoms with Gasteiger partial charge in [0.1, 0.15) is 51.6 Å². The Morgan fingerprint density at radius 1 is 0.596 bits per heavy atom. The summed E-state index contributed by atoms with van der Waals surface area (Å²) in [5.41, 5.74) is 10.8. The molecule has 104 heavy (non-hydrogen) atoms. The number of aryl methyl sites for hydroxylation is 5. The number of rotatable bonds is 21. The zero-order chi connectivity index (χ0) is 73.5. The van der Waals surface area contributed by atoms with Crippen LogP contribution in [0.2, 0.25) is 10.0 Å². The first-order valence-corrected chi connectivity index (χ1v) is 36.5.